The Balaban J connectivity index is 1.80. The first-order valence-corrected chi connectivity index (χ1v) is 7.58. The fraction of sp³-hybridized carbons (Fsp3) is 0.200. The zero-order chi connectivity index (χ0) is 16.7. The van der Waals surface area contributed by atoms with Gasteiger partial charge < -0.3 is 15.4 Å². The molecule has 0 bridgehead atoms. The average Bonchev–Trinajstić information content (AvgIpc) is 2.98. The van der Waals surface area contributed by atoms with Gasteiger partial charge in [0.25, 0.3) is 5.91 Å². The second-order valence-corrected chi connectivity index (χ2v) is 5.47. The smallest absolute Gasteiger partial charge is 0.331 e. The van der Waals surface area contributed by atoms with Crippen LogP contribution >= 0.6 is 11.3 Å². The third-order valence-corrected chi connectivity index (χ3v) is 3.74. The number of rotatable bonds is 6. The quantitative estimate of drug-likeness (QED) is 0.599. The molecule has 0 aliphatic carbocycles. The summed E-state index contributed by atoms with van der Waals surface area (Å²) in [6.07, 6.45) is 2.75. The number of para-hydroxylation sites is 1. The van der Waals surface area contributed by atoms with Crippen molar-refractivity contribution in [3.63, 3.8) is 0 Å². The molecule has 2 rings (SSSR count). The molecular formula is C15H15N3O4S. The summed E-state index contributed by atoms with van der Waals surface area (Å²) in [7, 11) is 1.46. The molecule has 2 N–H and O–H groups in total. The highest BCUT2D eigenvalue weighted by molar-refractivity contribution is 7.19. The molecule has 8 heteroatoms. The van der Waals surface area contributed by atoms with Crippen molar-refractivity contribution in [2.45, 2.75) is 0 Å². The first kappa shape index (κ1) is 16.6. The van der Waals surface area contributed by atoms with Crippen LogP contribution in [0, 0.1) is 0 Å². The van der Waals surface area contributed by atoms with E-state index in [9.17, 15) is 14.4 Å². The second kappa shape index (κ2) is 8.04. The zero-order valence-corrected chi connectivity index (χ0v) is 13.2. The van der Waals surface area contributed by atoms with Crippen LogP contribution in [0.4, 0.5) is 0 Å². The highest BCUT2D eigenvalue weighted by atomic mass is 32.1. The lowest BCUT2D eigenvalue weighted by atomic mass is 10.3. The van der Waals surface area contributed by atoms with E-state index >= 15 is 0 Å². The van der Waals surface area contributed by atoms with Gasteiger partial charge in [0.15, 0.2) is 6.61 Å². The van der Waals surface area contributed by atoms with Gasteiger partial charge in [0, 0.05) is 13.1 Å². The molecule has 0 aliphatic rings. The number of amides is 2. The van der Waals surface area contributed by atoms with Gasteiger partial charge >= 0.3 is 5.97 Å². The Morgan fingerprint density at radius 3 is 2.78 bits per heavy atom. The Bertz CT molecular complexity index is 721. The Morgan fingerprint density at radius 1 is 1.26 bits per heavy atom. The van der Waals surface area contributed by atoms with E-state index < -0.39 is 18.5 Å². The van der Waals surface area contributed by atoms with Gasteiger partial charge in [0.05, 0.1) is 16.8 Å². The van der Waals surface area contributed by atoms with Crippen LogP contribution < -0.4 is 10.6 Å². The van der Waals surface area contributed by atoms with Crippen LogP contribution in [0.25, 0.3) is 16.3 Å². The predicted molar refractivity (Wildman–Crippen MR) is 86.7 cm³/mol. The number of carbonyl (C=O) groups is 3. The van der Waals surface area contributed by atoms with Crippen LogP contribution in [0.3, 0.4) is 0 Å². The lowest BCUT2D eigenvalue weighted by Crippen LogP contribution is -2.37. The predicted octanol–water partition coefficient (Wildman–Crippen LogP) is 0.715. The Kier molecular flexibility index (Phi) is 5.81. The molecular weight excluding hydrogens is 318 g/mol. The molecule has 0 saturated heterocycles. The van der Waals surface area contributed by atoms with Crippen molar-refractivity contribution in [2.24, 2.45) is 0 Å². The molecule has 120 valence electrons. The molecule has 0 unspecified atom stereocenters. The second-order valence-electron chi connectivity index (χ2n) is 4.41. The molecule has 2 amide bonds. The Labute approximate surface area is 136 Å². The summed E-state index contributed by atoms with van der Waals surface area (Å²) in [5, 5.41) is 5.35. The summed E-state index contributed by atoms with van der Waals surface area (Å²) in [4.78, 5) is 38.2. The van der Waals surface area contributed by atoms with Crippen molar-refractivity contribution in [3.05, 3.63) is 35.3 Å². The van der Waals surface area contributed by atoms with Crippen LogP contribution in [0.1, 0.15) is 5.01 Å². The van der Waals surface area contributed by atoms with Crippen LogP contribution in [0.15, 0.2) is 30.3 Å². The van der Waals surface area contributed by atoms with Gasteiger partial charge in [-0.3, -0.25) is 9.59 Å². The first-order chi connectivity index (χ1) is 11.1. The number of thiazole rings is 1. The van der Waals surface area contributed by atoms with Gasteiger partial charge in [-0.15, -0.1) is 11.3 Å². The number of likely N-dealkylation sites (N-methyl/N-ethyl adjacent to an activating group) is 1. The molecule has 1 aromatic carbocycles. The van der Waals surface area contributed by atoms with E-state index in [1.54, 1.807) is 0 Å². The third kappa shape index (κ3) is 5.19. The minimum atomic E-state index is -0.653. The molecule has 0 atom stereocenters. The van der Waals surface area contributed by atoms with Crippen molar-refractivity contribution < 1.29 is 19.1 Å². The summed E-state index contributed by atoms with van der Waals surface area (Å²) < 4.78 is 5.80. The number of esters is 1. The normalized spacial score (nSPS) is 10.7. The molecule has 0 spiro atoms. The van der Waals surface area contributed by atoms with E-state index in [4.69, 9.17) is 4.74 Å². The third-order valence-electron chi connectivity index (χ3n) is 2.74. The van der Waals surface area contributed by atoms with Crippen LogP contribution in [-0.2, 0) is 19.1 Å². The van der Waals surface area contributed by atoms with Gasteiger partial charge in [0.2, 0.25) is 5.91 Å². The van der Waals surface area contributed by atoms with E-state index in [2.05, 4.69) is 15.6 Å². The fourth-order valence-electron chi connectivity index (χ4n) is 1.60. The maximum Gasteiger partial charge on any atom is 0.331 e. The van der Waals surface area contributed by atoms with Crippen LogP contribution in [-0.4, -0.2) is 43.0 Å². The van der Waals surface area contributed by atoms with Crippen LogP contribution in [0.2, 0.25) is 0 Å². The van der Waals surface area contributed by atoms with E-state index in [0.717, 1.165) is 10.2 Å². The van der Waals surface area contributed by atoms with Crippen molar-refractivity contribution in [3.8, 4) is 0 Å². The van der Waals surface area contributed by atoms with Gasteiger partial charge in [-0.05, 0) is 18.2 Å². The topological polar surface area (TPSA) is 97.4 Å². The first-order valence-electron chi connectivity index (χ1n) is 6.76. The van der Waals surface area contributed by atoms with Gasteiger partial charge in [-0.1, -0.05) is 12.1 Å². The number of carbonyl (C=O) groups excluding carboxylic acids is 3. The number of nitrogens with one attached hydrogen (secondary N) is 2. The number of benzene rings is 1. The molecule has 0 aliphatic heterocycles. The van der Waals surface area contributed by atoms with E-state index in [1.807, 2.05) is 24.3 Å². The Morgan fingerprint density at radius 2 is 2.04 bits per heavy atom. The number of hydrogen-bond acceptors (Lipinski definition) is 6. The Hall–Kier alpha value is -2.74. The summed E-state index contributed by atoms with van der Waals surface area (Å²) in [6, 6.07) is 7.64. The van der Waals surface area contributed by atoms with Crippen molar-refractivity contribution in [2.75, 3.05) is 20.2 Å². The van der Waals surface area contributed by atoms with Crippen molar-refractivity contribution >= 4 is 45.4 Å². The fourth-order valence-corrected chi connectivity index (χ4v) is 2.47. The number of aromatic nitrogens is 1. The zero-order valence-electron chi connectivity index (χ0n) is 12.4. The minimum absolute atomic E-state index is 0.158. The number of ether oxygens (including phenoxy) is 1. The lowest BCUT2D eigenvalue weighted by Gasteiger charge is -2.04. The highest BCUT2D eigenvalue weighted by Gasteiger charge is 2.07. The largest absolute Gasteiger partial charge is 0.452 e. The summed E-state index contributed by atoms with van der Waals surface area (Å²) in [5.41, 5.74) is 0.860. The van der Waals surface area contributed by atoms with E-state index in [1.165, 1.54) is 30.5 Å². The summed E-state index contributed by atoms with van der Waals surface area (Å²) >= 11 is 1.45. The average molecular weight is 333 g/mol. The number of fused-ring (bicyclic) bond motifs is 1. The number of nitrogens with zero attached hydrogens (tertiary/aromatic N) is 1. The molecule has 0 fully saturated rings. The molecule has 0 radical (unpaired) electrons. The maximum atomic E-state index is 11.5. The number of hydrogen-bond donors (Lipinski definition) is 2. The summed E-state index contributed by atoms with van der Waals surface area (Å²) in [6.45, 7) is -0.603. The molecule has 2 aromatic rings. The van der Waals surface area contributed by atoms with Gasteiger partial charge in [-0.25, -0.2) is 9.78 Å². The van der Waals surface area contributed by atoms with Crippen molar-refractivity contribution in [1.29, 1.82) is 0 Å². The standard InChI is InChI=1S/C15H15N3O4S/c1-16-12(19)8-17-13(20)9-22-15(21)7-6-14-18-10-4-2-3-5-11(10)23-14/h2-7H,8-9H2,1H3,(H,16,19)(H,17,20)/b7-6+. The molecule has 1 heterocycles. The van der Waals surface area contributed by atoms with Crippen molar-refractivity contribution in [1.82, 2.24) is 15.6 Å². The molecule has 1 aromatic heterocycles. The molecule has 23 heavy (non-hydrogen) atoms. The van der Waals surface area contributed by atoms with Gasteiger partial charge in [0.1, 0.15) is 5.01 Å². The highest BCUT2D eigenvalue weighted by Crippen LogP contribution is 2.22. The monoisotopic (exact) mass is 333 g/mol. The maximum absolute atomic E-state index is 11.5. The van der Waals surface area contributed by atoms with E-state index in [0.29, 0.717) is 5.01 Å². The van der Waals surface area contributed by atoms with E-state index in [-0.39, 0.29) is 12.5 Å². The van der Waals surface area contributed by atoms with Gasteiger partial charge in [-0.2, -0.15) is 0 Å². The lowest BCUT2D eigenvalue weighted by molar-refractivity contribution is -0.143. The summed E-state index contributed by atoms with van der Waals surface area (Å²) in [5.74, 6) is -1.53. The minimum Gasteiger partial charge on any atom is -0.452 e. The molecule has 0 saturated carbocycles. The molecule has 7 nitrogen and oxygen atoms in total. The van der Waals surface area contributed by atoms with Crippen LogP contribution in [0.5, 0.6) is 0 Å². The SMILES string of the molecule is CNC(=O)CNC(=O)COC(=O)/C=C/c1nc2ccccc2s1.